The molecule has 0 radical (unpaired) electrons. The van der Waals surface area contributed by atoms with Gasteiger partial charge in [0.05, 0.1) is 3.79 Å². The Bertz CT molecular complexity index is 1190. The number of rotatable bonds is 4. The SMILES string of the molecule is CC(C)c1nn(CC(=O)NC2CCCN(C(C)(C)C)C2)c(=O)c2cc3cc(Br)sc3n12. The van der Waals surface area contributed by atoms with Crippen LogP contribution in [0.15, 0.2) is 20.7 Å². The summed E-state index contributed by atoms with van der Waals surface area (Å²) in [5.41, 5.74) is 0.409. The van der Waals surface area contributed by atoms with E-state index in [-0.39, 0.29) is 35.5 Å². The molecule has 9 heteroatoms. The van der Waals surface area contributed by atoms with Gasteiger partial charge >= 0.3 is 0 Å². The molecule has 1 fully saturated rings. The molecule has 1 amide bonds. The molecule has 0 aliphatic carbocycles. The number of hydrogen-bond acceptors (Lipinski definition) is 5. The highest BCUT2D eigenvalue weighted by atomic mass is 79.9. The van der Waals surface area contributed by atoms with Crippen molar-refractivity contribution in [2.24, 2.45) is 0 Å². The Balaban J connectivity index is 1.60. The van der Waals surface area contributed by atoms with Gasteiger partial charge in [0.25, 0.3) is 5.56 Å². The first kappa shape index (κ1) is 22.5. The van der Waals surface area contributed by atoms with Crippen LogP contribution in [0.3, 0.4) is 0 Å². The third-order valence-electron chi connectivity index (χ3n) is 5.90. The number of carbonyl (C=O) groups excluding carboxylic acids is 1. The molecule has 3 aromatic heterocycles. The highest BCUT2D eigenvalue weighted by Crippen LogP contribution is 2.33. The number of fused-ring (bicyclic) bond motifs is 3. The first-order valence-electron chi connectivity index (χ1n) is 10.8. The quantitative estimate of drug-likeness (QED) is 0.579. The van der Waals surface area contributed by atoms with E-state index in [1.165, 1.54) is 4.68 Å². The van der Waals surface area contributed by atoms with E-state index in [0.29, 0.717) is 5.52 Å². The Morgan fingerprint density at radius 1 is 1.35 bits per heavy atom. The molecule has 168 valence electrons. The fraction of sp³-hybridized carbons (Fsp3) is 0.591. The number of hydrogen-bond donors (Lipinski definition) is 1. The maximum absolute atomic E-state index is 13.2. The number of piperidine rings is 1. The number of likely N-dealkylation sites (tertiary alicyclic amines) is 1. The van der Waals surface area contributed by atoms with Gasteiger partial charge in [0.1, 0.15) is 22.7 Å². The van der Waals surface area contributed by atoms with E-state index in [1.807, 2.05) is 30.4 Å². The molecule has 1 aliphatic heterocycles. The number of carbonyl (C=O) groups is 1. The molecule has 4 rings (SSSR count). The fourth-order valence-electron chi connectivity index (χ4n) is 4.29. The second-order valence-corrected chi connectivity index (χ2v) is 12.1. The van der Waals surface area contributed by atoms with E-state index in [9.17, 15) is 9.59 Å². The maximum Gasteiger partial charge on any atom is 0.291 e. The number of halogens is 1. The first-order valence-corrected chi connectivity index (χ1v) is 12.4. The van der Waals surface area contributed by atoms with Crippen LogP contribution in [0.4, 0.5) is 0 Å². The summed E-state index contributed by atoms with van der Waals surface area (Å²) in [6, 6.07) is 4.00. The smallest absolute Gasteiger partial charge is 0.291 e. The highest BCUT2D eigenvalue weighted by molar-refractivity contribution is 9.11. The van der Waals surface area contributed by atoms with Crippen molar-refractivity contribution in [2.45, 2.75) is 71.5 Å². The van der Waals surface area contributed by atoms with Crippen molar-refractivity contribution in [2.75, 3.05) is 13.1 Å². The van der Waals surface area contributed by atoms with Crippen molar-refractivity contribution in [3.8, 4) is 0 Å². The predicted molar refractivity (Wildman–Crippen MR) is 129 cm³/mol. The normalized spacial score (nSPS) is 18.4. The van der Waals surface area contributed by atoms with Crippen molar-refractivity contribution in [3.63, 3.8) is 0 Å². The van der Waals surface area contributed by atoms with E-state index >= 15 is 0 Å². The number of thiophene rings is 1. The molecule has 0 bridgehead atoms. The van der Waals surface area contributed by atoms with E-state index in [4.69, 9.17) is 0 Å². The third kappa shape index (κ3) is 4.45. The van der Waals surface area contributed by atoms with E-state index in [0.717, 1.165) is 45.8 Å². The molecule has 1 unspecified atom stereocenters. The Kier molecular flexibility index (Phi) is 6.04. The van der Waals surface area contributed by atoms with Crippen LogP contribution in [0.2, 0.25) is 0 Å². The van der Waals surface area contributed by atoms with Crippen molar-refractivity contribution >= 4 is 48.9 Å². The van der Waals surface area contributed by atoms with Crippen LogP contribution in [-0.4, -0.2) is 49.7 Å². The monoisotopic (exact) mass is 507 g/mol. The average Bonchev–Trinajstić information content (AvgIpc) is 3.20. The van der Waals surface area contributed by atoms with Crippen LogP contribution >= 0.6 is 27.3 Å². The molecule has 1 aliphatic rings. The summed E-state index contributed by atoms with van der Waals surface area (Å²) < 4.78 is 4.28. The lowest BCUT2D eigenvalue weighted by atomic mass is 9.98. The Labute approximate surface area is 194 Å². The summed E-state index contributed by atoms with van der Waals surface area (Å²) in [7, 11) is 0. The standard InChI is InChI=1S/C22H30BrN5O2S/c1-13(2)19-25-27(20(30)16-9-14-10-17(23)31-21(14)28(16)19)12-18(29)24-15-7-6-8-26(11-15)22(3,4)5/h9-10,13,15H,6-8,11-12H2,1-5H3,(H,24,29). The largest absolute Gasteiger partial charge is 0.350 e. The average molecular weight is 508 g/mol. The van der Waals surface area contributed by atoms with Crippen LogP contribution in [-0.2, 0) is 11.3 Å². The van der Waals surface area contributed by atoms with Gasteiger partial charge in [-0.1, -0.05) is 13.8 Å². The van der Waals surface area contributed by atoms with Crippen molar-refractivity contribution in [1.82, 2.24) is 24.4 Å². The second kappa shape index (κ2) is 8.33. The lowest BCUT2D eigenvalue weighted by molar-refractivity contribution is -0.123. The minimum Gasteiger partial charge on any atom is -0.350 e. The molecule has 31 heavy (non-hydrogen) atoms. The fourth-order valence-corrected chi connectivity index (χ4v) is 5.89. The number of nitrogens with zero attached hydrogens (tertiary/aromatic N) is 4. The van der Waals surface area contributed by atoms with Gasteiger partial charge in [0, 0.05) is 29.4 Å². The minimum atomic E-state index is -0.237. The number of nitrogens with one attached hydrogen (secondary N) is 1. The molecule has 1 saturated heterocycles. The summed E-state index contributed by atoms with van der Waals surface area (Å²) in [5.74, 6) is 0.724. The van der Waals surface area contributed by atoms with Crippen molar-refractivity contribution in [3.05, 3.63) is 32.1 Å². The van der Waals surface area contributed by atoms with Crippen molar-refractivity contribution in [1.29, 1.82) is 0 Å². The van der Waals surface area contributed by atoms with Crippen molar-refractivity contribution < 1.29 is 4.79 Å². The van der Waals surface area contributed by atoms with Gasteiger partial charge in [-0.15, -0.1) is 11.3 Å². The molecule has 7 nitrogen and oxygen atoms in total. The molecular weight excluding hydrogens is 478 g/mol. The van der Waals surface area contributed by atoms with E-state index in [2.05, 4.69) is 52.0 Å². The molecule has 4 heterocycles. The van der Waals surface area contributed by atoms with Gasteiger partial charge in [-0.25, -0.2) is 4.68 Å². The van der Waals surface area contributed by atoms with E-state index in [1.54, 1.807) is 11.3 Å². The lowest BCUT2D eigenvalue weighted by Gasteiger charge is -2.41. The number of amides is 1. The van der Waals surface area contributed by atoms with Gasteiger partial charge in [-0.05, 0) is 68.2 Å². The van der Waals surface area contributed by atoms with Gasteiger partial charge in [-0.2, -0.15) is 5.10 Å². The molecule has 0 spiro atoms. The second-order valence-electron chi connectivity index (χ2n) is 9.68. The minimum absolute atomic E-state index is 0.0659. The first-order chi connectivity index (χ1) is 14.5. The summed E-state index contributed by atoms with van der Waals surface area (Å²) in [6.07, 6.45) is 2.01. The highest BCUT2D eigenvalue weighted by Gasteiger charge is 2.29. The van der Waals surface area contributed by atoms with Crippen LogP contribution in [0.5, 0.6) is 0 Å². The number of aromatic nitrogens is 3. The van der Waals surface area contributed by atoms with Crippen LogP contribution < -0.4 is 10.9 Å². The van der Waals surface area contributed by atoms with Gasteiger partial charge in [-0.3, -0.25) is 18.9 Å². The molecule has 1 N–H and O–H groups in total. The molecule has 0 aromatic carbocycles. The molecular formula is C22H30BrN5O2S. The van der Waals surface area contributed by atoms with E-state index < -0.39 is 0 Å². The summed E-state index contributed by atoms with van der Waals surface area (Å²) >= 11 is 5.11. The lowest BCUT2D eigenvalue weighted by Crippen LogP contribution is -2.54. The Hall–Kier alpha value is -1.71. The zero-order valence-electron chi connectivity index (χ0n) is 18.7. The maximum atomic E-state index is 13.2. The Morgan fingerprint density at radius 2 is 2.10 bits per heavy atom. The topological polar surface area (TPSA) is 71.6 Å². The Morgan fingerprint density at radius 3 is 2.77 bits per heavy atom. The van der Waals surface area contributed by atoms with Gasteiger partial charge in [0.15, 0.2) is 0 Å². The van der Waals surface area contributed by atoms with Crippen LogP contribution in [0, 0.1) is 0 Å². The molecule has 3 aromatic rings. The zero-order chi connectivity index (χ0) is 22.5. The summed E-state index contributed by atoms with van der Waals surface area (Å²) in [5, 5.41) is 8.74. The molecule has 1 atom stereocenters. The molecule has 0 saturated carbocycles. The predicted octanol–water partition coefficient (Wildman–Crippen LogP) is 3.98. The van der Waals surface area contributed by atoms with Crippen LogP contribution in [0.25, 0.3) is 15.7 Å². The summed E-state index contributed by atoms with van der Waals surface area (Å²) in [4.78, 5) is 29.4. The third-order valence-corrected chi connectivity index (χ3v) is 7.54. The van der Waals surface area contributed by atoms with Crippen LogP contribution in [0.1, 0.15) is 59.2 Å². The van der Waals surface area contributed by atoms with Gasteiger partial charge < -0.3 is 5.32 Å². The summed E-state index contributed by atoms with van der Waals surface area (Å²) in [6.45, 7) is 12.5. The van der Waals surface area contributed by atoms with Gasteiger partial charge in [0.2, 0.25) is 5.91 Å². The zero-order valence-corrected chi connectivity index (χ0v) is 21.1.